The lowest BCUT2D eigenvalue weighted by atomic mass is 9.89. The van der Waals surface area contributed by atoms with Gasteiger partial charge in [-0.15, -0.1) is 0 Å². The summed E-state index contributed by atoms with van der Waals surface area (Å²) in [4.78, 5) is 12.5. The predicted molar refractivity (Wildman–Crippen MR) is 91.0 cm³/mol. The van der Waals surface area contributed by atoms with E-state index < -0.39 is 5.72 Å². The first-order chi connectivity index (χ1) is 11.5. The van der Waals surface area contributed by atoms with Crippen LogP contribution in [0.15, 0.2) is 48.5 Å². The van der Waals surface area contributed by atoms with Gasteiger partial charge in [0.2, 0.25) is 0 Å². The lowest BCUT2D eigenvalue weighted by Crippen LogP contribution is -2.49. The zero-order chi connectivity index (χ0) is 16.8. The standard InChI is InChI=1S/C19H18ClNO3/c1-18(10-23-11-18)12-24-19(13-6-8-14(20)9-7-13)16-5-3-2-4-15(16)17(22)21-19/h2-9H,10-12H2,1H3,(H,21,22). The molecule has 0 bridgehead atoms. The Morgan fingerprint density at radius 1 is 1.17 bits per heavy atom. The van der Waals surface area contributed by atoms with Crippen LogP contribution in [0.5, 0.6) is 0 Å². The Morgan fingerprint density at radius 3 is 2.54 bits per heavy atom. The third-order valence-corrected chi connectivity index (χ3v) is 4.88. The van der Waals surface area contributed by atoms with Crippen molar-refractivity contribution in [3.8, 4) is 0 Å². The normalized spacial score (nSPS) is 24.2. The first-order valence-corrected chi connectivity index (χ1v) is 8.30. The zero-order valence-corrected chi connectivity index (χ0v) is 14.1. The van der Waals surface area contributed by atoms with E-state index in [1.165, 1.54) is 0 Å². The highest BCUT2D eigenvalue weighted by atomic mass is 35.5. The van der Waals surface area contributed by atoms with E-state index in [-0.39, 0.29) is 11.3 Å². The number of carbonyl (C=O) groups excluding carboxylic acids is 1. The van der Waals surface area contributed by atoms with Crippen molar-refractivity contribution in [2.24, 2.45) is 5.41 Å². The second-order valence-corrected chi connectivity index (χ2v) is 7.22. The van der Waals surface area contributed by atoms with Gasteiger partial charge in [0.1, 0.15) is 0 Å². The lowest BCUT2D eigenvalue weighted by molar-refractivity contribution is -0.167. The van der Waals surface area contributed by atoms with Gasteiger partial charge < -0.3 is 14.8 Å². The molecule has 124 valence electrons. The van der Waals surface area contributed by atoms with E-state index in [9.17, 15) is 4.79 Å². The molecule has 0 radical (unpaired) electrons. The van der Waals surface area contributed by atoms with E-state index >= 15 is 0 Å². The first kappa shape index (κ1) is 15.6. The number of carbonyl (C=O) groups is 1. The molecule has 24 heavy (non-hydrogen) atoms. The molecule has 0 aromatic heterocycles. The minimum absolute atomic E-state index is 0.0261. The lowest BCUT2D eigenvalue weighted by Gasteiger charge is -2.41. The molecular weight excluding hydrogens is 326 g/mol. The fraction of sp³-hybridized carbons (Fsp3) is 0.316. The summed E-state index contributed by atoms with van der Waals surface area (Å²) in [5.74, 6) is -0.129. The number of halogens is 1. The second-order valence-electron chi connectivity index (χ2n) is 6.78. The average molecular weight is 344 g/mol. The fourth-order valence-corrected chi connectivity index (χ4v) is 3.33. The SMILES string of the molecule is CC1(COC2(c3ccc(Cl)cc3)NC(=O)c3ccccc32)COC1. The van der Waals surface area contributed by atoms with Gasteiger partial charge >= 0.3 is 0 Å². The molecule has 0 aliphatic carbocycles. The van der Waals surface area contributed by atoms with E-state index in [0.29, 0.717) is 30.4 Å². The van der Waals surface area contributed by atoms with E-state index in [4.69, 9.17) is 21.1 Å². The number of amides is 1. The molecular formula is C19H18ClNO3. The van der Waals surface area contributed by atoms with E-state index in [1.807, 2.05) is 48.5 Å². The van der Waals surface area contributed by atoms with Crippen molar-refractivity contribution in [3.05, 3.63) is 70.2 Å². The Bertz CT molecular complexity index is 785. The van der Waals surface area contributed by atoms with Gasteiger partial charge in [-0.25, -0.2) is 0 Å². The van der Waals surface area contributed by atoms with Crippen LogP contribution in [0.2, 0.25) is 5.02 Å². The van der Waals surface area contributed by atoms with Gasteiger partial charge in [-0.1, -0.05) is 48.9 Å². The molecule has 0 saturated carbocycles. The Kier molecular flexibility index (Phi) is 3.64. The fourth-order valence-electron chi connectivity index (χ4n) is 3.21. The summed E-state index contributed by atoms with van der Waals surface area (Å²) >= 11 is 6.03. The van der Waals surface area contributed by atoms with Crippen LogP contribution >= 0.6 is 11.6 Å². The number of benzene rings is 2. The monoisotopic (exact) mass is 343 g/mol. The van der Waals surface area contributed by atoms with Crippen LogP contribution < -0.4 is 5.32 Å². The highest BCUT2D eigenvalue weighted by molar-refractivity contribution is 6.30. The van der Waals surface area contributed by atoms with Gasteiger partial charge in [0.25, 0.3) is 5.91 Å². The molecule has 1 atom stereocenters. The van der Waals surface area contributed by atoms with Crippen LogP contribution in [-0.2, 0) is 15.2 Å². The third-order valence-electron chi connectivity index (χ3n) is 4.63. The van der Waals surface area contributed by atoms with Gasteiger partial charge in [-0.2, -0.15) is 0 Å². The molecule has 2 heterocycles. The maximum Gasteiger partial charge on any atom is 0.254 e. The molecule has 2 aliphatic rings. The average Bonchev–Trinajstić information content (AvgIpc) is 2.86. The molecule has 2 aliphatic heterocycles. The molecule has 2 aromatic carbocycles. The summed E-state index contributed by atoms with van der Waals surface area (Å²) < 4.78 is 11.7. The van der Waals surface area contributed by atoms with Crippen molar-refractivity contribution in [1.82, 2.24) is 5.32 Å². The Balaban J connectivity index is 1.78. The van der Waals surface area contributed by atoms with Crippen molar-refractivity contribution in [2.45, 2.75) is 12.6 Å². The van der Waals surface area contributed by atoms with Crippen LogP contribution in [0.25, 0.3) is 0 Å². The maximum atomic E-state index is 12.5. The molecule has 5 heteroatoms. The second kappa shape index (κ2) is 5.59. The van der Waals surface area contributed by atoms with Crippen molar-refractivity contribution >= 4 is 17.5 Å². The zero-order valence-electron chi connectivity index (χ0n) is 13.3. The smallest absolute Gasteiger partial charge is 0.254 e. The van der Waals surface area contributed by atoms with Gasteiger partial charge in [-0.3, -0.25) is 4.79 Å². The first-order valence-electron chi connectivity index (χ1n) is 7.92. The summed E-state index contributed by atoms with van der Waals surface area (Å²) in [5, 5.41) is 3.69. The minimum Gasteiger partial charge on any atom is -0.380 e. The highest BCUT2D eigenvalue weighted by Crippen LogP contribution is 2.40. The van der Waals surface area contributed by atoms with Gasteiger partial charge in [0.15, 0.2) is 5.72 Å². The van der Waals surface area contributed by atoms with Crippen LogP contribution in [0.3, 0.4) is 0 Å². The molecule has 1 saturated heterocycles. The quantitative estimate of drug-likeness (QED) is 0.926. The molecule has 1 unspecified atom stereocenters. The summed E-state index contributed by atoms with van der Waals surface area (Å²) in [6, 6.07) is 14.9. The third kappa shape index (κ3) is 2.42. The summed E-state index contributed by atoms with van der Waals surface area (Å²) in [7, 11) is 0. The minimum atomic E-state index is -0.989. The van der Waals surface area contributed by atoms with E-state index in [0.717, 1.165) is 11.1 Å². The maximum absolute atomic E-state index is 12.5. The summed E-state index contributed by atoms with van der Waals surface area (Å²) in [6.45, 7) is 3.94. The van der Waals surface area contributed by atoms with Crippen molar-refractivity contribution in [2.75, 3.05) is 19.8 Å². The Morgan fingerprint density at radius 2 is 1.88 bits per heavy atom. The molecule has 0 spiro atoms. The number of fused-ring (bicyclic) bond motifs is 1. The van der Waals surface area contributed by atoms with Crippen LogP contribution in [0.4, 0.5) is 0 Å². The topological polar surface area (TPSA) is 47.6 Å². The van der Waals surface area contributed by atoms with Crippen molar-refractivity contribution in [3.63, 3.8) is 0 Å². The van der Waals surface area contributed by atoms with E-state index in [2.05, 4.69) is 12.2 Å². The van der Waals surface area contributed by atoms with Crippen molar-refractivity contribution in [1.29, 1.82) is 0 Å². The highest BCUT2D eigenvalue weighted by Gasteiger charge is 2.47. The predicted octanol–water partition coefficient (Wildman–Crippen LogP) is 3.34. The molecule has 1 amide bonds. The summed E-state index contributed by atoms with van der Waals surface area (Å²) in [6.07, 6.45) is 0. The van der Waals surface area contributed by atoms with Crippen molar-refractivity contribution < 1.29 is 14.3 Å². The molecule has 2 aromatic rings. The largest absolute Gasteiger partial charge is 0.380 e. The number of nitrogens with one attached hydrogen (secondary N) is 1. The number of hydrogen-bond acceptors (Lipinski definition) is 3. The molecule has 1 fully saturated rings. The van der Waals surface area contributed by atoms with Gasteiger partial charge in [-0.05, 0) is 18.2 Å². The van der Waals surface area contributed by atoms with Crippen LogP contribution in [0.1, 0.15) is 28.4 Å². The number of hydrogen-bond donors (Lipinski definition) is 1. The molecule has 1 N–H and O–H groups in total. The van der Waals surface area contributed by atoms with E-state index in [1.54, 1.807) is 0 Å². The summed E-state index contributed by atoms with van der Waals surface area (Å²) in [5.41, 5.74) is 1.32. The number of ether oxygens (including phenoxy) is 2. The molecule has 4 rings (SSSR count). The Labute approximate surface area is 145 Å². The molecule has 4 nitrogen and oxygen atoms in total. The van der Waals surface area contributed by atoms with Crippen LogP contribution in [-0.4, -0.2) is 25.7 Å². The Hall–Kier alpha value is -1.88. The van der Waals surface area contributed by atoms with Crippen LogP contribution in [0, 0.1) is 5.41 Å². The number of rotatable bonds is 4. The van der Waals surface area contributed by atoms with Gasteiger partial charge in [0, 0.05) is 27.1 Å². The van der Waals surface area contributed by atoms with Gasteiger partial charge in [0.05, 0.1) is 19.8 Å².